The van der Waals surface area contributed by atoms with Crippen molar-refractivity contribution in [3.05, 3.63) is 0 Å². The number of imide groups is 1. The lowest BCUT2D eigenvalue weighted by molar-refractivity contribution is -0.146. The van der Waals surface area contributed by atoms with Gasteiger partial charge in [0, 0.05) is 13.0 Å². The van der Waals surface area contributed by atoms with Gasteiger partial charge in [0.2, 0.25) is 11.8 Å². The van der Waals surface area contributed by atoms with E-state index in [4.69, 9.17) is 0 Å². The highest BCUT2D eigenvalue weighted by Gasteiger charge is 2.53. The number of rotatable bonds is 1. The Morgan fingerprint density at radius 3 is 2.50 bits per heavy atom. The van der Waals surface area contributed by atoms with Crippen molar-refractivity contribution in [2.75, 3.05) is 13.1 Å². The number of piperidine rings is 1. The lowest BCUT2D eigenvalue weighted by Gasteiger charge is -2.36. The van der Waals surface area contributed by atoms with Crippen molar-refractivity contribution in [3.8, 4) is 0 Å². The van der Waals surface area contributed by atoms with E-state index in [1.807, 2.05) is 0 Å². The van der Waals surface area contributed by atoms with Gasteiger partial charge in [-0.2, -0.15) is 0 Å². The third-order valence-electron chi connectivity index (χ3n) is 5.61. The van der Waals surface area contributed by atoms with E-state index < -0.39 is 0 Å². The molecule has 1 N–H and O–H groups in total. The van der Waals surface area contributed by atoms with E-state index in [9.17, 15) is 9.59 Å². The monoisotopic (exact) mass is 278 g/mol. The maximum absolute atomic E-state index is 13.0. The molecule has 112 valence electrons. The number of hydrogen-bond acceptors (Lipinski definition) is 3. The number of carbonyl (C=O) groups is 2. The first-order valence-electron chi connectivity index (χ1n) is 8.21. The standard InChI is InChI=1S/C16H26N2O2/c1-12-6-9-17-11-13(12)18-14(19)10-16(15(18)20)7-4-2-3-5-8-16/h12-13,17H,2-11H2,1H3. The summed E-state index contributed by atoms with van der Waals surface area (Å²) in [5.41, 5.74) is -0.343. The van der Waals surface area contributed by atoms with Crippen LogP contribution in [0.5, 0.6) is 0 Å². The molecular formula is C16H26N2O2. The van der Waals surface area contributed by atoms with Crippen LogP contribution in [0.15, 0.2) is 0 Å². The van der Waals surface area contributed by atoms with Crippen LogP contribution in [0.3, 0.4) is 0 Å². The van der Waals surface area contributed by atoms with Gasteiger partial charge in [0.15, 0.2) is 0 Å². The third kappa shape index (κ3) is 2.28. The van der Waals surface area contributed by atoms with Crippen molar-refractivity contribution < 1.29 is 9.59 Å². The van der Waals surface area contributed by atoms with E-state index >= 15 is 0 Å². The Bertz CT molecular complexity index is 399. The van der Waals surface area contributed by atoms with Gasteiger partial charge < -0.3 is 5.32 Å². The molecule has 0 aromatic rings. The van der Waals surface area contributed by atoms with E-state index in [-0.39, 0.29) is 23.3 Å². The molecule has 1 saturated carbocycles. The summed E-state index contributed by atoms with van der Waals surface area (Å²) < 4.78 is 0. The van der Waals surface area contributed by atoms with E-state index in [1.54, 1.807) is 4.90 Å². The maximum Gasteiger partial charge on any atom is 0.236 e. The topological polar surface area (TPSA) is 49.4 Å². The fourth-order valence-electron chi connectivity index (χ4n) is 4.27. The zero-order valence-electron chi connectivity index (χ0n) is 12.5. The second-order valence-electron chi connectivity index (χ2n) is 6.98. The number of carbonyl (C=O) groups excluding carboxylic acids is 2. The first-order valence-corrected chi connectivity index (χ1v) is 8.21. The predicted octanol–water partition coefficient (Wildman–Crippen LogP) is 2.08. The highest BCUT2D eigenvalue weighted by molar-refractivity contribution is 6.06. The summed E-state index contributed by atoms with van der Waals surface area (Å²) in [6.07, 6.45) is 7.99. The largest absolute Gasteiger partial charge is 0.315 e. The number of amides is 2. The Balaban J connectivity index is 1.82. The fraction of sp³-hybridized carbons (Fsp3) is 0.875. The summed E-state index contributed by atoms with van der Waals surface area (Å²) in [4.78, 5) is 27.1. The Morgan fingerprint density at radius 2 is 1.85 bits per heavy atom. The van der Waals surface area contributed by atoms with Crippen molar-refractivity contribution in [2.24, 2.45) is 11.3 Å². The molecule has 1 aliphatic carbocycles. The van der Waals surface area contributed by atoms with E-state index in [0.717, 1.165) is 45.2 Å². The molecule has 1 spiro atoms. The lowest BCUT2D eigenvalue weighted by atomic mass is 9.79. The highest BCUT2D eigenvalue weighted by atomic mass is 16.2. The molecule has 2 amide bonds. The minimum absolute atomic E-state index is 0.0754. The molecular weight excluding hydrogens is 252 g/mol. The van der Waals surface area contributed by atoms with Crippen molar-refractivity contribution in [1.82, 2.24) is 10.2 Å². The van der Waals surface area contributed by atoms with Crippen molar-refractivity contribution in [1.29, 1.82) is 0 Å². The molecule has 2 unspecified atom stereocenters. The number of likely N-dealkylation sites (tertiary alicyclic amines) is 1. The third-order valence-corrected chi connectivity index (χ3v) is 5.61. The van der Waals surface area contributed by atoms with Crippen molar-refractivity contribution in [3.63, 3.8) is 0 Å². The summed E-state index contributed by atoms with van der Waals surface area (Å²) in [7, 11) is 0. The van der Waals surface area contributed by atoms with Crippen LogP contribution in [0.1, 0.15) is 58.3 Å². The van der Waals surface area contributed by atoms with Gasteiger partial charge in [-0.05, 0) is 31.7 Å². The van der Waals surface area contributed by atoms with Gasteiger partial charge in [-0.15, -0.1) is 0 Å². The molecule has 2 aliphatic heterocycles. The van der Waals surface area contributed by atoms with Gasteiger partial charge in [0.1, 0.15) is 0 Å². The molecule has 20 heavy (non-hydrogen) atoms. The van der Waals surface area contributed by atoms with E-state index in [1.165, 1.54) is 12.8 Å². The molecule has 4 heteroatoms. The van der Waals surface area contributed by atoms with Crippen molar-refractivity contribution >= 4 is 11.8 Å². The molecule has 2 saturated heterocycles. The Hall–Kier alpha value is -0.900. The van der Waals surface area contributed by atoms with Crippen LogP contribution in [0.25, 0.3) is 0 Å². The Kier molecular flexibility index (Phi) is 3.85. The molecule has 0 aromatic carbocycles. The average molecular weight is 278 g/mol. The number of nitrogens with one attached hydrogen (secondary N) is 1. The van der Waals surface area contributed by atoms with Gasteiger partial charge in [0.05, 0.1) is 11.5 Å². The maximum atomic E-state index is 13.0. The van der Waals surface area contributed by atoms with Crippen LogP contribution in [-0.4, -0.2) is 35.8 Å². The highest BCUT2D eigenvalue weighted by Crippen LogP contribution is 2.45. The molecule has 3 fully saturated rings. The SMILES string of the molecule is CC1CCNCC1N1C(=O)CC2(CCCCCC2)C1=O. The minimum atomic E-state index is -0.343. The zero-order chi connectivity index (χ0) is 14.2. The van der Waals surface area contributed by atoms with Crippen LogP contribution in [-0.2, 0) is 9.59 Å². The fourth-order valence-corrected chi connectivity index (χ4v) is 4.27. The zero-order valence-corrected chi connectivity index (χ0v) is 12.5. The molecule has 2 heterocycles. The van der Waals surface area contributed by atoms with Gasteiger partial charge in [-0.25, -0.2) is 0 Å². The lowest BCUT2D eigenvalue weighted by Crippen LogP contribution is -2.53. The second kappa shape index (κ2) is 5.47. The van der Waals surface area contributed by atoms with Gasteiger partial charge in [0.25, 0.3) is 0 Å². The van der Waals surface area contributed by atoms with Crippen LogP contribution in [0.2, 0.25) is 0 Å². The molecule has 3 rings (SSSR count). The van der Waals surface area contributed by atoms with Crippen LogP contribution >= 0.6 is 0 Å². The van der Waals surface area contributed by atoms with Crippen LogP contribution < -0.4 is 5.32 Å². The average Bonchev–Trinajstić information content (AvgIpc) is 2.60. The summed E-state index contributed by atoms with van der Waals surface area (Å²) in [6.45, 7) is 3.94. The van der Waals surface area contributed by atoms with Crippen LogP contribution in [0.4, 0.5) is 0 Å². The van der Waals surface area contributed by atoms with Gasteiger partial charge in [-0.1, -0.05) is 32.6 Å². The Labute approximate surface area is 121 Å². The second-order valence-corrected chi connectivity index (χ2v) is 6.98. The van der Waals surface area contributed by atoms with Crippen molar-refractivity contribution in [2.45, 2.75) is 64.3 Å². The summed E-state index contributed by atoms with van der Waals surface area (Å²) in [5, 5.41) is 3.34. The minimum Gasteiger partial charge on any atom is -0.315 e. The van der Waals surface area contributed by atoms with E-state index in [2.05, 4.69) is 12.2 Å². The normalized spacial score (nSPS) is 34.5. The predicted molar refractivity (Wildman–Crippen MR) is 77.0 cm³/mol. The molecule has 0 bridgehead atoms. The first kappa shape index (κ1) is 14.1. The van der Waals surface area contributed by atoms with E-state index in [0.29, 0.717) is 12.3 Å². The quantitative estimate of drug-likeness (QED) is 0.747. The van der Waals surface area contributed by atoms with Crippen LogP contribution in [0, 0.1) is 11.3 Å². The molecule has 2 atom stereocenters. The summed E-state index contributed by atoms with van der Waals surface area (Å²) in [6, 6.07) is 0.0754. The first-order chi connectivity index (χ1) is 9.64. The number of hydrogen-bond donors (Lipinski definition) is 1. The molecule has 3 aliphatic rings. The Morgan fingerprint density at radius 1 is 1.15 bits per heavy atom. The molecule has 0 radical (unpaired) electrons. The van der Waals surface area contributed by atoms with Gasteiger partial charge in [-0.3, -0.25) is 14.5 Å². The van der Waals surface area contributed by atoms with Gasteiger partial charge >= 0.3 is 0 Å². The summed E-state index contributed by atoms with van der Waals surface area (Å²) >= 11 is 0. The molecule has 4 nitrogen and oxygen atoms in total. The number of nitrogens with zero attached hydrogens (tertiary/aromatic N) is 1. The smallest absolute Gasteiger partial charge is 0.236 e. The summed E-state index contributed by atoms with van der Waals surface area (Å²) in [5.74, 6) is 0.646. The molecule has 0 aromatic heterocycles.